The average molecular weight is 360 g/mol. The largest absolute Gasteiger partial charge is 0.507 e. The van der Waals surface area contributed by atoms with Crippen molar-refractivity contribution in [2.24, 2.45) is 0 Å². The van der Waals surface area contributed by atoms with Crippen molar-refractivity contribution in [3.05, 3.63) is 64.2 Å². The third kappa shape index (κ3) is 3.77. The number of halogens is 1. The second-order valence-corrected chi connectivity index (χ2v) is 6.42. The first-order chi connectivity index (χ1) is 12.0. The highest BCUT2D eigenvalue weighted by molar-refractivity contribution is 6.31. The Morgan fingerprint density at radius 1 is 1.20 bits per heavy atom. The molecule has 130 valence electrons. The van der Waals surface area contributed by atoms with Crippen LogP contribution in [0.2, 0.25) is 5.02 Å². The standard InChI is InChI=1S/C19H18ClNO4/c1-12(25-19(24)16-10-15(20)6-7-17(16)22)18(23)21-9-8-13-4-2-3-5-14(13)11-21/h2-7,10,12,22H,8-9,11H2,1H3/t12-/m1/s1. The van der Waals surface area contributed by atoms with Gasteiger partial charge in [0.15, 0.2) is 6.10 Å². The van der Waals surface area contributed by atoms with Crippen LogP contribution in [0.4, 0.5) is 0 Å². The van der Waals surface area contributed by atoms with Crippen molar-refractivity contribution in [1.82, 2.24) is 4.90 Å². The minimum absolute atomic E-state index is 0.0591. The van der Waals surface area contributed by atoms with E-state index in [0.29, 0.717) is 18.1 Å². The van der Waals surface area contributed by atoms with Crippen molar-refractivity contribution < 1.29 is 19.4 Å². The highest BCUT2D eigenvalue weighted by Gasteiger charge is 2.27. The molecule has 25 heavy (non-hydrogen) atoms. The Hall–Kier alpha value is -2.53. The van der Waals surface area contributed by atoms with Gasteiger partial charge >= 0.3 is 5.97 Å². The first-order valence-corrected chi connectivity index (χ1v) is 8.38. The zero-order chi connectivity index (χ0) is 18.0. The molecule has 0 saturated heterocycles. The van der Waals surface area contributed by atoms with E-state index in [2.05, 4.69) is 6.07 Å². The average Bonchev–Trinajstić information content (AvgIpc) is 2.62. The number of ether oxygens (including phenoxy) is 1. The first-order valence-electron chi connectivity index (χ1n) is 8.01. The van der Waals surface area contributed by atoms with Crippen molar-refractivity contribution in [3.8, 4) is 5.75 Å². The fourth-order valence-corrected chi connectivity index (χ4v) is 3.06. The van der Waals surface area contributed by atoms with Crippen molar-refractivity contribution in [1.29, 1.82) is 0 Å². The van der Waals surface area contributed by atoms with E-state index in [0.717, 1.165) is 12.0 Å². The highest BCUT2D eigenvalue weighted by atomic mass is 35.5. The molecule has 1 amide bonds. The summed E-state index contributed by atoms with van der Waals surface area (Å²) in [6, 6.07) is 12.1. The molecule has 2 aromatic carbocycles. The summed E-state index contributed by atoms with van der Waals surface area (Å²) in [5, 5.41) is 10.1. The maximum absolute atomic E-state index is 12.6. The summed E-state index contributed by atoms with van der Waals surface area (Å²) in [5.74, 6) is -1.27. The van der Waals surface area contributed by atoms with Gasteiger partial charge in [-0.25, -0.2) is 4.79 Å². The van der Waals surface area contributed by atoms with Crippen molar-refractivity contribution >= 4 is 23.5 Å². The predicted octanol–water partition coefficient (Wildman–Crippen LogP) is 3.18. The Bertz CT molecular complexity index is 821. The van der Waals surface area contributed by atoms with Gasteiger partial charge in [0.05, 0.1) is 0 Å². The zero-order valence-corrected chi connectivity index (χ0v) is 14.5. The van der Waals surface area contributed by atoms with Crippen LogP contribution in [0.3, 0.4) is 0 Å². The molecule has 0 unspecified atom stereocenters. The minimum atomic E-state index is -0.948. The second-order valence-electron chi connectivity index (χ2n) is 5.99. The van der Waals surface area contributed by atoms with Crippen LogP contribution in [0.5, 0.6) is 5.75 Å². The monoisotopic (exact) mass is 359 g/mol. The lowest BCUT2D eigenvalue weighted by atomic mass is 9.99. The molecule has 1 atom stereocenters. The van der Waals surface area contributed by atoms with Gasteiger partial charge in [0.25, 0.3) is 5.91 Å². The molecule has 3 rings (SSSR count). The summed E-state index contributed by atoms with van der Waals surface area (Å²) >= 11 is 5.84. The summed E-state index contributed by atoms with van der Waals surface area (Å²) in [6.07, 6.45) is -0.173. The van der Waals surface area contributed by atoms with Gasteiger partial charge in [0, 0.05) is 18.1 Å². The van der Waals surface area contributed by atoms with E-state index < -0.39 is 12.1 Å². The van der Waals surface area contributed by atoms with Crippen LogP contribution < -0.4 is 0 Å². The highest BCUT2D eigenvalue weighted by Crippen LogP contribution is 2.23. The molecule has 1 N–H and O–H groups in total. The number of benzene rings is 2. The summed E-state index contributed by atoms with van der Waals surface area (Å²) in [4.78, 5) is 26.5. The number of hydrogen-bond acceptors (Lipinski definition) is 4. The number of fused-ring (bicyclic) bond motifs is 1. The summed E-state index contributed by atoms with van der Waals surface area (Å²) in [5.41, 5.74) is 2.28. The van der Waals surface area contributed by atoms with Gasteiger partial charge in [0.2, 0.25) is 0 Å². The molecule has 6 heteroatoms. The molecule has 0 fully saturated rings. The van der Waals surface area contributed by atoms with Crippen LogP contribution in [0.1, 0.15) is 28.4 Å². The van der Waals surface area contributed by atoms with E-state index in [-0.39, 0.29) is 17.2 Å². The van der Waals surface area contributed by atoms with Gasteiger partial charge in [-0.1, -0.05) is 35.9 Å². The maximum atomic E-state index is 12.6. The lowest BCUT2D eigenvalue weighted by Gasteiger charge is -2.30. The van der Waals surface area contributed by atoms with E-state index in [1.54, 1.807) is 4.90 Å². The maximum Gasteiger partial charge on any atom is 0.342 e. The first kappa shape index (κ1) is 17.3. The van der Waals surface area contributed by atoms with E-state index in [1.165, 1.54) is 30.7 Å². The number of phenolic OH excluding ortho intramolecular Hbond substituents is 1. The van der Waals surface area contributed by atoms with Crippen LogP contribution in [0.25, 0.3) is 0 Å². The summed E-state index contributed by atoms with van der Waals surface area (Å²) in [7, 11) is 0. The Morgan fingerprint density at radius 2 is 1.92 bits per heavy atom. The van der Waals surface area contributed by atoms with Crippen LogP contribution in [-0.2, 0) is 22.5 Å². The number of amides is 1. The van der Waals surface area contributed by atoms with Gasteiger partial charge < -0.3 is 14.7 Å². The van der Waals surface area contributed by atoms with E-state index in [4.69, 9.17) is 16.3 Å². The van der Waals surface area contributed by atoms with Gasteiger partial charge in [-0.3, -0.25) is 4.79 Å². The Kier molecular flexibility index (Phi) is 4.95. The topological polar surface area (TPSA) is 66.8 Å². The molecule has 2 aromatic rings. The molecule has 0 spiro atoms. The molecule has 0 bridgehead atoms. The van der Waals surface area contributed by atoms with Gasteiger partial charge in [-0.2, -0.15) is 0 Å². The lowest BCUT2D eigenvalue weighted by Crippen LogP contribution is -2.42. The van der Waals surface area contributed by atoms with Crippen LogP contribution in [0.15, 0.2) is 42.5 Å². The van der Waals surface area contributed by atoms with Crippen LogP contribution in [-0.4, -0.2) is 34.5 Å². The minimum Gasteiger partial charge on any atom is -0.507 e. The number of carbonyl (C=O) groups is 2. The van der Waals surface area contributed by atoms with Crippen LogP contribution in [0, 0.1) is 0 Å². The summed E-state index contributed by atoms with van der Waals surface area (Å²) < 4.78 is 5.23. The fourth-order valence-electron chi connectivity index (χ4n) is 2.89. The van der Waals surface area contributed by atoms with Gasteiger partial charge in [0.1, 0.15) is 11.3 Å². The zero-order valence-electron chi connectivity index (χ0n) is 13.7. The van der Waals surface area contributed by atoms with Crippen molar-refractivity contribution in [3.63, 3.8) is 0 Å². The predicted molar refractivity (Wildman–Crippen MR) is 93.6 cm³/mol. The quantitative estimate of drug-likeness (QED) is 0.855. The number of rotatable bonds is 3. The molecule has 0 aromatic heterocycles. The number of hydrogen-bond donors (Lipinski definition) is 1. The Balaban J connectivity index is 1.67. The molecule has 1 aliphatic heterocycles. The molecule has 0 saturated carbocycles. The number of nitrogens with zero attached hydrogens (tertiary/aromatic N) is 1. The molecular weight excluding hydrogens is 342 g/mol. The SMILES string of the molecule is C[C@@H](OC(=O)c1cc(Cl)ccc1O)C(=O)N1CCc2ccccc2C1. The molecule has 0 aliphatic carbocycles. The van der Waals surface area contributed by atoms with Gasteiger partial charge in [-0.05, 0) is 42.7 Å². The third-order valence-electron chi connectivity index (χ3n) is 4.25. The molecular formula is C19H18ClNO4. The van der Waals surface area contributed by atoms with Gasteiger partial charge in [-0.15, -0.1) is 0 Å². The Labute approximate surface area is 150 Å². The fraction of sp³-hybridized carbons (Fsp3) is 0.263. The van der Waals surface area contributed by atoms with E-state index in [1.807, 2.05) is 18.2 Å². The number of carbonyl (C=O) groups excluding carboxylic acids is 2. The third-order valence-corrected chi connectivity index (χ3v) is 4.49. The molecule has 1 aliphatic rings. The molecule has 1 heterocycles. The van der Waals surface area contributed by atoms with Crippen molar-refractivity contribution in [2.75, 3.05) is 6.54 Å². The number of aromatic hydroxyl groups is 1. The Morgan fingerprint density at radius 3 is 2.68 bits per heavy atom. The molecule has 0 radical (unpaired) electrons. The summed E-state index contributed by atoms with van der Waals surface area (Å²) in [6.45, 7) is 2.61. The number of esters is 1. The van der Waals surface area contributed by atoms with E-state index >= 15 is 0 Å². The number of phenols is 1. The van der Waals surface area contributed by atoms with E-state index in [9.17, 15) is 14.7 Å². The molecule has 5 nitrogen and oxygen atoms in total. The van der Waals surface area contributed by atoms with Crippen LogP contribution >= 0.6 is 11.6 Å². The van der Waals surface area contributed by atoms with Crippen molar-refractivity contribution in [2.45, 2.75) is 26.0 Å². The smallest absolute Gasteiger partial charge is 0.342 e. The lowest BCUT2D eigenvalue weighted by molar-refractivity contribution is -0.140. The normalized spacial score (nSPS) is 14.6. The second kappa shape index (κ2) is 7.15.